The number of rotatable bonds is 4. The number of hydrogen-bond donors (Lipinski definition) is 5. The molecule has 28 heavy (non-hydrogen) atoms. The number of fused-ring (bicyclic) bond motifs is 1. The van der Waals surface area contributed by atoms with Crippen LogP contribution in [0.25, 0.3) is 0 Å². The van der Waals surface area contributed by atoms with Gasteiger partial charge in [-0.25, -0.2) is 0 Å². The minimum Gasteiger partial charge on any atom is -0.508 e. The highest BCUT2D eigenvalue weighted by Gasteiger charge is 2.44. The number of phenolic OH excluding ortho intramolecular Hbond substituents is 1. The summed E-state index contributed by atoms with van der Waals surface area (Å²) in [4.78, 5) is 1.29. The lowest BCUT2D eigenvalue weighted by Crippen LogP contribution is -2.55. The summed E-state index contributed by atoms with van der Waals surface area (Å²) < 4.78 is 5.60. The maximum atomic E-state index is 10.4. The lowest BCUT2D eigenvalue weighted by Gasteiger charge is -2.40. The lowest BCUT2D eigenvalue weighted by atomic mass is 9.89. The van der Waals surface area contributed by atoms with Crippen LogP contribution in [0.4, 0.5) is 0 Å². The highest BCUT2D eigenvalue weighted by atomic mass is 32.2. The Labute approximate surface area is 167 Å². The highest BCUT2D eigenvalue weighted by Crippen LogP contribution is 2.40. The molecule has 1 saturated heterocycles. The van der Waals surface area contributed by atoms with Gasteiger partial charge < -0.3 is 30.3 Å². The summed E-state index contributed by atoms with van der Waals surface area (Å²) in [5.74, 6) is -0.0598. The van der Waals surface area contributed by atoms with E-state index in [1.807, 2.05) is 30.0 Å². The van der Waals surface area contributed by atoms with E-state index in [1.165, 1.54) is 10.5 Å². The van der Waals surface area contributed by atoms with Gasteiger partial charge in [0.2, 0.25) is 0 Å². The second-order valence-corrected chi connectivity index (χ2v) is 8.74. The fourth-order valence-electron chi connectivity index (χ4n) is 3.95. The molecule has 7 heteroatoms. The fourth-order valence-corrected chi connectivity index (χ4v) is 5.31. The van der Waals surface area contributed by atoms with E-state index in [1.54, 1.807) is 12.1 Å². The molecular formula is C21H24O6S. The van der Waals surface area contributed by atoms with Gasteiger partial charge in [-0.2, -0.15) is 0 Å². The Morgan fingerprint density at radius 2 is 1.79 bits per heavy atom. The van der Waals surface area contributed by atoms with Gasteiger partial charge in [0, 0.05) is 15.7 Å². The van der Waals surface area contributed by atoms with Gasteiger partial charge in [-0.3, -0.25) is 0 Å². The number of ether oxygens (including phenoxy) is 1. The summed E-state index contributed by atoms with van der Waals surface area (Å²) in [5, 5.41) is 50.4. The minimum atomic E-state index is -1.47. The molecule has 6 atom stereocenters. The largest absolute Gasteiger partial charge is 0.508 e. The molecule has 0 bridgehead atoms. The monoisotopic (exact) mass is 404 g/mol. The quantitative estimate of drug-likeness (QED) is 0.520. The standard InChI is InChI=1S/C21H24O6S/c22-10-16-18(24)19(25)20(26)21(27-16)14-8-11(5-6-15(14)23)7-13-9-12-3-1-2-4-17(12)28-13/h1-6,8,13,16,18-26H,7,9-10H2/t13?,16-,18-,19+,20-,21?/m1/s1. The predicted octanol–water partition coefficient (Wildman–Crippen LogP) is 1.17. The third-order valence-corrected chi connectivity index (χ3v) is 6.79. The van der Waals surface area contributed by atoms with Gasteiger partial charge >= 0.3 is 0 Å². The van der Waals surface area contributed by atoms with Gasteiger partial charge in [0.1, 0.15) is 36.3 Å². The van der Waals surface area contributed by atoms with Crippen molar-refractivity contribution in [2.75, 3.05) is 6.61 Å². The Kier molecular flexibility index (Phi) is 5.64. The fraction of sp³-hybridized carbons (Fsp3) is 0.429. The summed E-state index contributed by atoms with van der Waals surface area (Å²) >= 11 is 1.83. The zero-order chi connectivity index (χ0) is 19.8. The van der Waals surface area contributed by atoms with Crippen LogP contribution in [0.3, 0.4) is 0 Å². The maximum absolute atomic E-state index is 10.4. The number of hydrogen-bond acceptors (Lipinski definition) is 7. The number of aliphatic hydroxyl groups excluding tert-OH is 4. The first kappa shape index (κ1) is 19.7. The zero-order valence-corrected chi connectivity index (χ0v) is 16.0. The molecule has 6 nitrogen and oxygen atoms in total. The predicted molar refractivity (Wildman–Crippen MR) is 104 cm³/mol. The molecule has 1 fully saturated rings. The summed E-state index contributed by atoms with van der Waals surface area (Å²) in [6, 6.07) is 13.5. The third-order valence-electron chi connectivity index (χ3n) is 5.47. The van der Waals surface area contributed by atoms with Gasteiger partial charge in [0.25, 0.3) is 0 Å². The van der Waals surface area contributed by atoms with Gasteiger partial charge in [-0.1, -0.05) is 24.3 Å². The van der Waals surface area contributed by atoms with Gasteiger partial charge in [-0.15, -0.1) is 11.8 Å². The Morgan fingerprint density at radius 1 is 1.00 bits per heavy atom. The topological polar surface area (TPSA) is 110 Å². The molecule has 5 N–H and O–H groups in total. The van der Waals surface area contributed by atoms with Crippen molar-refractivity contribution in [1.82, 2.24) is 0 Å². The number of thioether (sulfide) groups is 1. The van der Waals surface area contributed by atoms with Crippen LogP contribution < -0.4 is 0 Å². The number of aliphatic hydroxyl groups is 4. The van der Waals surface area contributed by atoms with E-state index < -0.39 is 37.1 Å². The molecule has 2 aromatic rings. The van der Waals surface area contributed by atoms with Crippen molar-refractivity contribution >= 4 is 11.8 Å². The summed E-state index contributed by atoms with van der Waals surface area (Å²) in [6.45, 7) is -0.501. The van der Waals surface area contributed by atoms with Crippen molar-refractivity contribution in [1.29, 1.82) is 0 Å². The average molecular weight is 404 g/mol. The molecule has 2 aliphatic rings. The van der Waals surface area contributed by atoms with Crippen LogP contribution in [-0.4, -0.2) is 61.8 Å². The number of phenols is 1. The van der Waals surface area contributed by atoms with E-state index in [0.717, 1.165) is 18.4 Å². The molecule has 0 amide bonds. The van der Waals surface area contributed by atoms with Crippen molar-refractivity contribution in [2.24, 2.45) is 0 Å². The molecule has 0 radical (unpaired) electrons. The SMILES string of the molecule is OC[C@H]1OC(c2cc(CC3Cc4ccccc4S3)ccc2O)[C@H](O)[C@@H](O)[C@@H]1O. The molecule has 150 valence electrons. The first-order valence-corrected chi connectivity index (χ1v) is 10.2. The maximum Gasteiger partial charge on any atom is 0.121 e. The van der Waals surface area contributed by atoms with Gasteiger partial charge in [0.05, 0.1) is 6.61 Å². The van der Waals surface area contributed by atoms with Crippen LogP contribution in [0.15, 0.2) is 47.4 Å². The molecule has 0 aliphatic carbocycles. The Balaban J connectivity index is 1.54. The normalized spacial score (nSPS) is 32.3. The molecule has 0 saturated carbocycles. The smallest absolute Gasteiger partial charge is 0.121 e. The Morgan fingerprint density at radius 3 is 2.54 bits per heavy atom. The molecule has 2 unspecified atom stereocenters. The highest BCUT2D eigenvalue weighted by molar-refractivity contribution is 8.00. The Hall–Kier alpha value is -1.61. The number of aromatic hydroxyl groups is 1. The second kappa shape index (κ2) is 8.02. The Bertz CT molecular complexity index is 816. The van der Waals surface area contributed by atoms with Crippen LogP contribution >= 0.6 is 11.8 Å². The molecule has 4 rings (SSSR count). The molecule has 0 aromatic heterocycles. The van der Waals surface area contributed by atoms with Crippen molar-refractivity contribution in [3.8, 4) is 5.75 Å². The summed E-state index contributed by atoms with van der Waals surface area (Å²) in [6.07, 6.45) is -4.60. The van der Waals surface area contributed by atoms with Crippen molar-refractivity contribution in [3.05, 3.63) is 59.2 Å². The van der Waals surface area contributed by atoms with E-state index in [0.29, 0.717) is 10.8 Å². The van der Waals surface area contributed by atoms with E-state index in [2.05, 4.69) is 12.1 Å². The van der Waals surface area contributed by atoms with E-state index in [9.17, 15) is 25.5 Å². The molecular weight excluding hydrogens is 380 g/mol. The average Bonchev–Trinajstić information content (AvgIpc) is 3.10. The van der Waals surface area contributed by atoms with Gasteiger partial charge in [0.15, 0.2) is 0 Å². The van der Waals surface area contributed by atoms with Crippen LogP contribution in [0.5, 0.6) is 5.75 Å². The first-order valence-electron chi connectivity index (χ1n) is 9.34. The summed E-state index contributed by atoms with van der Waals surface area (Å²) in [7, 11) is 0. The van der Waals surface area contributed by atoms with E-state index in [4.69, 9.17) is 4.74 Å². The minimum absolute atomic E-state index is 0.0598. The number of benzene rings is 2. The van der Waals surface area contributed by atoms with E-state index >= 15 is 0 Å². The van der Waals surface area contributed by atoms with Gasteiger partial charge in [-0.05, 0) is 42.2 Å². The molecule has 2 aromatic carbocycles. The molecule has 2 heterocycles. The van der Waals surface area contributed by atoms with Crippen molar-refractivity contribution in [3.63, 3.8) is 0 Å². The van der Waals surface area contributed by atoms with Crippen LogP contribution in [0.2, 0.25) is 0 Å². The van der Waals surface area contributed by atoms with Crippen LogP contribution in [0, 0.1) is 0 Å². The van der Waals surface area contributed by atoms with Crippen molar-refractivity contribution < 1.29 is 30.3 Å². The van der Waals surface area contributed by atoms with Crippen LogP contribution in [-0.2, 0) is 17.6 Å². The van der Waals surface area contributed by atoms with Crippen molar-refractivity contribution in [2.45, 2.75) is 53.5 Å². The van der Waals surface area contributed by atoms with E-state index in [-0.39, 0.29) is 5.75 Å². The summed E-state index contributed by atoms with van der Waals surface area (Å²) in [5.41, 5.74) is 2.66. The zero-order valence-electron chi connectivity index (χ0n) is 15.2. The second-order valence-electron chi connectivity index (χ2n) is 7.40. The third kappa shape index (κ3) is 3.66. The molecule has 2 aliphatic heterocycles. The first-order chi connectivity index (χ1) is 13.5. The van der Waals surface area contributed by atoms with Crippen LogP contribution in [0.1, 0.15) is 22.8 Å². The molecule has 0 spiro atoms. The lowest BCUT2D eigenvalue weighted by molar-refractivity contribution is -0.232.